The van der Waals surface area contributed by atoms with Gasteiger partial charge in [-0.15, -0.1) is 11.6 Å². The Labute approximate surface area is 85.0 Å². The van der Waals surface area contributed by atoms with Crippen LogP contribution >= 0.6 is 11.6 Å². The molecule has 78 valence electrons. The smallest absolute Gasteiger partial charge is 0.315 e. The van der Waals surface area contributed by atoms with Gasteiger partial charge >= 0.3 is 6.03 Å². The van der Waals surface area contributed by atoms with Crippen LogP contribution in [0.25, 0.3) is 0 Å². The minimum atomic E-state index is -0.312. The Balaban J connectivity index is 2.27. The van der Waals surface area contributed by atoms with Crippen molar-refractivity contribution in [2.45, 2.75) is 6.54 Å². The Morgan fingerprint density at radius 2 is 2.21 bits per heavy atom. The zero-order valence-corrected chi connectivity index (χ0v) is 8.15. The van der Waals surface area contributed by atoms with Crippen LogP contribution in [0.15, 0.2) is 10.9 Å². The fourth-order valence-electron chi connectivity index (χ4n) is 0.866. The summed E-state index contributed by atoms with van der Waals surface area (Å²) in [5.41, 5.74) is 0.402. The number of nitrogens with one attached hydrogen (secondary N) is 4. The van der Waals surface area contributed by atoms with Gasteiger partial charge in [-0.2, -0.15) is 0 Å². The first-order chi connectivity index (χ1) is 6.72. The molecule has 0 atom stereocenters. The van der Waals surface area contributed by atoms with Crippen LogP contribution in [0.1, 0.15) is 5.69 Å². The lowest BCUT2D eigenvalue weighted by atomic mass is 10.4. The summed E-state index contributed by atoms with van der Waals surface area (Å²) in [4.78, 5) is 21.7. The molecular formula is C7H11ClN4O2. The normalized spacial score (nSPS) is 9.79. The topological polar surface area (TPSA) is 89.8 Å². The van der Waals surface area contributed by atoms with Crippen LogP contribution in [-0.4, -0.2) is 28.7 Å². The van der Waals surface area contributed by atoms with Crippen molar-refractivity contribution >= 4 is 17.6 Å². The summed E-state index contributed by atoms with van der Waals surface area (Å²) in [5, 5.41) is 10.0. The van der Waals surface area contributed by atoms with Gasteiger partial charge in [0.25, 0.3) is 5.56 Å². The van der Waals surface area contributed by atoms with Crippen molar-refractivity contribution in [2.75, 3.05) is 12.4 Å². The number of alkyl halides is 1. The van der Waals surface area contributed by atoms with Crippen LogP contribution in [0.2, 0.25) is 0 Å². The van der Waals surface area contributed by atoms with Crippen molar-refractivity contribution in [3.05, 3.63) is 22.1 Å². The average molecular weight is 219 g/mol. The van der Waals surface area contributed by atoms with Crippen molar-refractivity contribution in [1.29, 1.82) is 0 Å². The molecule has 1 aromatic rings. The molecule has 2 amide bonds. The van der Waals surface area contributed by atoms with E-state index in [9.17, 15) is 9.59 Å². The highest BCUT2D eigenvalue weighted by atomic mass is 35.5. The number of hydrogen-bond donors (Lipinski definition) is 4. The highest BCUT2D eigenvalue weighted by Gasteiger charge is 2.00. The first-order valence-electron chi connectivity index (χ1n) is 4.06. The molecule has 0 saturated heterocycles. The molecule has 7 heteroatoms. The van der Waals surface area contributed by atoms with E-state index in [1.165, 1.54) is 6.07 Å². The molecule has 0 saturated carbocycles. The molecule has 1 heterocycles. The number of aromatic nitrogens is 2. The van der Waals surface area contributed by atoms with Gasteiger partial charge in [0.15, 0.2) is 0 Å². The lowest BCUT2D eigenvalue weighted by molar-refractivity contribution is 0.241. The highest BCUT2D eigenvalue weighted by molar-refractivity contribution is 6.18. The fourth-order valence-corrected chi connectivity index (χ4v) is 0.961. The molecule has 0 spiro atoms. The molecular weight excluding hydrogens is 208 g/mol. The summed E-state index contributed by atoms with van der Waals surface area (Å²) in [6.45, 7) is 0.684. The Bertz CT molecular complexity index is 345. The first kappa shape index (κ1) is 10.6. The van der Waals surface area contributed by atoms with E-state index in [-0.39, 0.29) is 18.1 Å². The molecule has 4 N–H and O–H groups in total. The molecule has 1 aromatic heterocycles. The maximum Gasteiger partial charge on any atom is 0.315 e. The van der Waals surface area contributed by atoms with Gasteiger partial charge < -0.3 is 15.7 Å². The number of carbonyl (C=O) groups is 1. The summed E-state index contributed by atoms with van der Waals surface area (Å²) in [6.07, 6.45) is 0. The van der Waals surface area contributed by atoms with Crippen LogP contribution in [0, 0.1) is 0 Å². The zero-order chi connectivity index (χ0) is 10.4. The number of carbonyl (C=O) groups excluding carboxylic acids is 1. The molecule has 0 aliphatic rings. The van der Waals surface area contributed by atoms with Crippen molar-refractivity contribution in [2.24, 2.45) is 0 Å². The summed E-state index contributed by atoms with van der Waals surface area (Å²) >= 11 is 5.37. The van der Waals surface area contributed by atoms with Gasteiger partial charge in [0.2, 0.25) is 0 Å². The third-order valence-corrected chi connectivity index (χ3v) is 1.66. The van der Waals surface area contributed by atoms with E-state index in [0.717, 1.165) is 0 Å². The Morgan fingerprint density at radius 1 is 1.43 bits per heavy atom. The van der Waals surface area contributed by atoms with E-state index >= 15 is 0 Å². The molecule has 1 rings (SSSR count). The van der Waals surface area contributed by atoms with Crippen molar-refractivity contribution in [3.63, 3.8) is 0 Å². The van der Waals surface area contributed by atoms with E-state index in [1.807, 2.05) is 0 Å². The van der Waals surface area contributed by atoms with E-state index in [4.69, 9.17) is 11.6 Å². The fraction of sp³-hybridized carbons (Fsp3) is 0.429. The molecule has 0 unspecified atom stereocenters. The number of H-pyrrole nitrogens is 2. The minimum absolute atomic E-state index is 0.219. The van der Waals surface area contributed by atoms with Gasteiger partial charge in [-0.1, -0.05) is 0 Å². The molecule has 14 heavy (non-hydrogen) atoms. The SMILES string of the molecule is O=C(NCCCl)NCc1cc(=O)[nH][nH]1. The molecule has 0 aromatic carbocycles. The van der Waals surface area contributed by atoms with Crippen molar-refractivity contribution in [3.8, 4) is 0 Å². The number of aromatic amines is 2. The molecule has 0 aliphatic heterocycles. The largest absolute Gasteiger partial charge is 0.337 e. The quantitative estimate of drug-likeness (QED) is 0.525. The minimum Gasteiger partial charge on any atom is -0.337 e. The van der Waals surface area contributed by atoms with Crippen LogP contribution in [0.5, 0.6) is 0 Å². The Kier molecular flexibility index (Phi) is 4.06. The lowest BCUT2D eigenvalue weighted by Gasteiger charge is -2.03. The number of urea groups is 1. The summed E-state index contributed by atoms with van der Waals surface area (Å²) in [5.74, 6) is 0.369. The number of rotatable bonds is 4. The molecule has 0 radical (unpaired) electrons. The van der Waals surface area contributed by atoms with E-state index in [1.54, 1.807) is 0 Å². The second-order valence-electron chi connectivity index (χ2n) is 2.58. The number of amides is 2. The highest BCUT2D eigenvalue weighted by Crippen LogP contribution is 1.85. The predicted octanol–water partition coefficient (Wildman–Crippen LogP) is -0.259. The summed E-state index contributed by atoms with van der Waals surface area (Å²) < 4.78 is 0. The number of halogens is 1. The average Bonchev–Trinajstić information content (AvgIpc) is 2.58. The third-order valence-electron chi connectivity index (χ3n) is 1.47. The zero-order valence-electron chi connectivity index (χ0n) is 7.39. The van der Waals surface area contributed by atoms with Crippen molar-refractivity contribution < 1.29 is 4.79 Å². The van der Waals surface area contributed by atoms with E-state index in [2.05, 4.69) is 20.8 Å². The second kappa shape index (κ2) is 5.33. The van der Waals surface area contributed by atoms with Crippen LogP contribution < -0.4 is 16.2 Å². The van der Waals surface area contributed by atoms with Crippen LogP contribution in [-0.2, 0) is 6.54 Å². The molecule has 0 fully saturated rings. The van der Waals surface area contributed by atoms with Gasteiger partial charge in [-0.3, -0.25) is 9.89 Å². The Morgan fingerprint density at radius 3 is 2.79 bits per heavy atom. The van der Waals surface area contributed by atoms with Gasteiger partial charge in [0, 0.05) is 18.5 Å². The van der Waals surface area contributed by atoms with Crippen LogP contribution in [0.4, 0.5) is 4.79 Å². The maximum absolute atomic E-state index is 11.0. The first-order valence-corrected chi connectivity index (χ1v) is 4.60. The summed E-state index contributed by atoms with van der Waals surface area (Å²) in [7, 11) is 0. The van der Waals surface area contributed by atoms with E-state index in [0.29, 0.717) is 18.1 Å². The lowest BCUT2D eigenvalue weighted by Crippen LogP contribution is -2.36. The van der Waals surface area contributed by atoms with Gasteiger partial charge in [0.1, 0.15) is 0 Å². The molecule has 6 nitrogen and oxygen atoms in total. The predicted molar refractivity (Wildman–Crippen MR) is 52.4 cm³/mol. The van der Waals surface area contributed by atoms with E-state index < -0.39 is 0 Å². The molecule has 0 bridgehead atoms. The number of hydrogen-bond acceptors (Lipinski definition) is 2. The van der Waals surface area contributed by atoms with Gasteiger partial charge in [0.05, 0.1) is 12.2 Å². The third kappa shape index (κ3) is 3.53. The van der Waals surface area contributed by atoms with Crippen LogP contribution in [0.3, 0.4) is 0 Å². The standard InChI is InChI=1S/C7H11ClN4O2/c8-1-2-9-7(14)10-4-5-3-6(13)12-11-5/h3H,1-2,4H2,(H2,9,10,14)(H2,11,12,13). The monoisotopic (exact) mass is 218 g/mol. The summed E-state index contributed by atoms with van der Waals surface area (Å²) in [6, 6.07) is 1.06. The second-order valence-corrected chi connectivity index (χ2v) is 2.96. The maximum atomic E-state index is 11.0. The van der Waals surface area contributed by atoms with Crippen molar-refractivity contribution in [1.82, 2.24) is 20.8 Å². The van der Waals surface area contributed by atoms with Gasteiger partial charge in [-0.25, -0.2) is 4.79 Å². The molecule has 0 aliphatic carbocycles. The Hall–Kier alpha value is -1.43. The van der Waals surface area contributed by atoms with Gasteiger partial charge in [-0.05, 0) is 0 Å².